The Morgan fingerprint density at radius 2 is 2.05 bits per heavy atom. The molecule has 0 atom stereocenters. The molecule has 1 heterocycles. The van der Waals surface area contributed by atoms with Crippen LogP contribution in [0, 0.1) is 0 Å². The minimum Gasteiger partial charge on any atom is -0.324 e. The van der Waals surface area contributed by atoms with Crippen LogP contribution in [0.1, 0.15) is 19.8 Å². The second-order valence-corrected chi connectivity index (χ2v) is 4.65. The van der Waals surface area contributed by atoms with Gasteiger partial charge in [-0.1, -0.05) is 11.6 Å². The van der Waals surface area contributed by atoms with Crippen molar-refractivity contribution in [3.8, 4) is 0 Å². The number of ketones is 1. The molecule has 19 heavy (non-hydrogen) atoms. The molecule has 1 N–H and O–H groups in total. The van der Waals surface area contributed by atoms with Gasteiger partial charge in [-0.3, -0.25) is 9.78 Å². The van der Waals surface area contributed by atoms with Gasteiger partial charge in [0.2, 0.25) is 5.91 Å². The lowest BCUT2D eigenvalue weighted by Crippen LogP contribution is -2.13. The molecule has 0 radical (unpaired) electrons. The van der Waals surface area contributed by atoms with Gasteiger partial charge in [-0.2, -0.15) is 0 Å². The first-order valence-electron chi connectivity index (χ1n) is 5.90. The third kappa shape index (κ3) is 3.29. The number of fused-ring (bicyclic) bond motifs is 1. The maximum Gasteiger partial charge on any atom is 0.224 e. The normalized spacial score (nSPS) is 10.4. The first kappa shape index (κ1) is 13.5. The summed E-state index contributed by atoms with van der Waals surface area (Å²) in [6.45, 7) is 1.46. The number of rotatable bonds is 4. The Kier molecular flexibility index (Phi) is 4.12. The van der Waals surface area contributed by atoms with Crippen molar-refractivity contribution in [3.05, 3.63) is 35.5 Å². The van der Waals surface area contributed by atoms with Gasteiger partial charge in [0.15, 0.2) is 0 Å². The topological polar surface area (TPSA) is 59.1 Å². The van der Waals surface area contributed by atoms with Crippen LogP contribution < -0.4 is 5.32 Å². The van der Waals surface area contributed by atoms with E-state index in [-0.39, 0.29) is 24.5 Å². The SMILES string of the molecule is CC(=O)CCC(=O)Nc1ccc(Cl)c2cccnc12. The third-order valence-corrected chi connectivity index (χ3v) is 3.02. The molecule has 0 saturated carbocycles. The molecule has 1 aromatic carbocycles. The summed E-state index contributed by atoms with van der Waals surface area (Å²) in [4.78, 5) is 26.8. The van der Waals surface area contributed by atoms with Crippen LogP contribution in [0.2, 0.25) is 5.02 Å². The van der Waals surface area contributed by atoms with Crippen LogP contribution in [0.25, 0.3) is 10.9 Å². The number of amides is 1. The molecule has 98 valence electrons. The van der Waals surface area contributed by atoms with Gasteiger partial charge in [-0.25, -0.2) is 0 Å². The van der Waals surface area contributed by atoms with E-state index in [1.807, 2.05) is 6.07 Å². The van der Waals surface area contributed by atoms with Crippen molar-refractivity contribution in [3.63, 3.8) is 0 Å². The van der Waals surface area contributed by atoms with Crippen LogP contribution >= 0.6 is 11.6 Å². The van der Waals surface area contributed by atoms with Gasteiger partial charge in [-0.15, -0.1) is 0 Å². The van der Waals surface area contributed by atoms with Gasteiger partial charge in [0.1, 0.15) is 5.78 Å². The number of Topliss-reactive ketones (excluding diaryl/α,β-unsaturated/α-hetero) is 1. The number of hydrogen-bond donors (Lipinski definition) is 1. The molecule has 2 rings (SSSR count). The number of pyridine rings is 1. The van der Waals surface area contributed by atoms with E-state index in [2.05, 4.69) is 10.3 Å². The Balaban J connectivity index is 2.24. The first-order chi connectivity index (χ1) is 9.08. The third-order valence-electron chi connectivity index (χ3n) is 2.69. The molecule has 4 nitrogen and oxygen atoms in total. The predicted octanol–water partition coefficient (Wildman–Crippen LogP) is 3.20. The summed E-state index contributed by atoms with van der Waals surface area (Å²) in [6.07, 6.45) is 2.06. The number of benzene rings is 1. The monoisotopic (exact) mass is 276 g/mol. The molecular weight excluding hydrogens is 264 g/mol. The molecule has 5 heteroatoms. The van der Waals surface area contributed by atoms with Gasteiger partial charge in [0.25, 0.3) is 0 Å². The standard InChI is InChI=1S/C14H13ClN2O2/c1-9(18)4-7-13(19)17-12-6-5-11(15)10-3-2-8-16-14(10)12/h2-3,5-6,8H,4,7H2,1H3,(H,17,19). The minimum absolute atomic E-state index is 0.00533. The van der Waals surface area contributed by atoms with Crippen molar-refractivity contribution < 1.29 is 9.59 Å². The zero-order valence-corrected chi connectivity index (χ0v) is 11.2. The minimum atomic E-state index is -0.204. The van der Waals surface area contributed by atoms with E-state index < -0.39 is 0 Å². The van der Waals surface area contributed by atoms with Gasteiger partial charge in [-0.05, 0) is 31.2 Å². The molecule has 0 fully saturated rings. The molecule has 0 aliphatic rings. The second kappa shape index (κ2) is 5.80. The van der Waals surface area contributed by atoms with Crippen molar-refractivity contribution in [2.45, 2.75) is 19.8 Å². The Labute approximate surface area is 115 Å². The summed E-state index contributed by atoms with van der Waals surface area (Å²) >= 11 is 6.07. The van der Waals surface area contributed by atoms with E-state index >= 15 is 0 Å². The maximum absolute atomic E-state index is 11.7. The lowest BCUT2D eigenvalue weighted by Gasteiger charge is -2.08. The zero-order chi connectivity index (χ0) is 13.8. The lowest BCUT2D eigenvalue weighted by molar-refractivity contribution is -0.121. The highest BCUT2D eigenvalue weighted by atomic mass is 35.5. The highest BCUT2D eigenvalue weighted by Gasteiger charge is 2.09. The quantitative estimate of drug-likeness (QED) is 0.933. The largest absolute Gasteiger partial charge is 0.324 e. The van der Waals surface area contributed by atoms with Crippen molar-refractivity contribution >= 4 is 39.9 Å². The van der Waals surface area contributed by atoms with E-state index in [9.17, 15) is 9.59 Å². The summed E-state index contributed by atoms with van der Waals surface area (Å²) in [5.74, 6) is -0.210. The summed E-state index contributed by atoms with van der Waals surface area (Å²) < 4.78 is 0. The number of nitrogens with zero attached hydrogens (tertiary/aromatic N) is 1. The summed E-state index contributed by atoms with van der Waals surface area (Å²) in [6, 6.07) is 7.06. The number of carbonyl (C=O) groups excluding carboxylic acids is 2. The molecule has 0 aliphatic carbocycles. The first-order valence-corrected chi connectivity index (χ1v) is 6.28. The van der Waals surface area contributed by atoms with E-state index in [0.29, 0.717) is 16.2 Å². The molecular formula is C14H13ClN2O2. The second-order valence-electron chi connectivity index (χ2n) is 4.24. The Morgan fingerprint density at radius 3 is 2.79 bits per heavy atom. The Morgan fingerprint density at radius 1 is 1.26 bits per heavy atom. The van der Waals surface area contributed by atoms with Crippen molar-refractivity contribution in [1.29, 1.82) is 0 Å². The number of anilines is 1. The maximum atomic E-state index is 11.7. The molecule has 1 aromatic heterocycles. The fourth-order valence-corrected chi connectivity index (χ4v) is 1.96. The number of halogens is 1. The molecule has 0 saturated heterocycles. The van der Waals surface area contributed by atoms with E-state index in [1.54, 1.807) is 24.4 Å². The Hall–Kier alpha value is -1.94. The van der Waals surface area contributed by atoms with Crippen LogP contribution in [0.4, 0.5) is 5.69 Å². The van der Waals surface area contributed by atoms with Gasteiger partial charge < -0.3 is 10.1 Å². The predicted molar refractivity (Wildman–Crippen MR) is 75.3 cm³/mol. The molecule has 0 spiro atoms. The average Bonchev–Trinajstić information content (AvgIpc) is 2.40. The zero-order valence-electron chi connectivity index (χ0n) is 10.4. The van der Waals surface area contributed by atoms with E-state index in [0.717, 1.165) is 5.39 Å². The van der Waals surface area contributed by atoms with Crippen molar-refractivity contribution in [2.24, 2.45) is 0 Å². The number of hydrogen-bond acceptors (Lipinski definition) is 3. The van der Waals surface area contributed by atoms with Crippen molar-refractivity contribution in [2.75, 3.05) is 5.32 Å². The van der Waals surface area contributed by atoms with Gasteiger partial charge in [0, 0.05) is 24.4 Å². The lowest BCUT2D eigenvalue weighted by atomic mass is 10.1. The molecule has 2 aromatic rings. The van der Waals surface area contributed by atoms with Crippen LogP contribution in [0.15, 0.2) is 30.5 Å². The van der Waals surface area contributed by atoms with E-state index in [4.69, 9.17) is 11.6 Å². The van der Waals surface area contributed by atoms with Gasteiger partial charge >= 0.3 is 0 Å². The smallest absolute Gasteiger partial charge is 0.224 e. The highest BCUT2D eigenvalue weighted by Crippen LogP contribution is 2.27. The van der Waals surface area contributed by atoms with Crippen LogP contribution in [0.3, 0.4) is 0 Å². The van der Waals surface area contributed by atoms with Crippen LogP contribution in [-0.2, 0) is 9.59 Å². The van der Waals surface area contributed by atoms with E-state index in [1.165, 1.54) is 6.92 Å². The summed E-state index contributed by atoms with van der Waals surface area (Å²) in [5, 5.41) is 4.13. The van der Waals surface area contributed by atoms with Gasteiger partial charge in [0.05, 0.1) is 16.2 Å². The number of aromatic nitrogens is 1. The highest BCUT2D eigenvalue weighted by molar-refractivity contribution is 6.35. The van der Waals surface area contributed by atoms with Crippen LogP contribution in [0.5, 0.6) is 0 Å². The summed E-state index contributed by atoms with van der Waals surface area (Å²) in [5.41, 5.74) is 1.25. The molecule has 0 aliphatic heterocycles. The average molecular weight is 277 g/mol. The fourth-order valence-electron chi connectivity index (χ4n) is 1.74. The fraction of sp³-hybridized carbons (Fsp3) is 0.214. The number of carbonyl (C=O) groups is 2. The molecule has 1 amide bonds. The number of nitrogens with one attached hydrogen (secondary N) is 1. The molecule has 0 unspecified atom stereocenters. The van der Waals surface area contributed by atoms with Crippen LogP contribution in [-0.4, -0.2) is 16.7 Å². The Bertz CT molecular complexity index is 640. The van der Waals surface area contributed by atoms with Crippen molar-refractivity contribution in [1.82, 2.24) is 4.98 Å². The molecule has 0 bridgehead atoms. The summed E-state index contributed by atoms with van der Waals surface area (Å²) in [7, 11) is 0.